The van der Waals surface area contributed by atoms with Crippen LogP contribution < -0.4 is 5.43 Å². The van der Waals surface area contributed by atoms with Gasteiger partial charge in [0.15, 0.2) is 28.6 Å². The van der Waals surface area contributed by atoms with E-state index in [1.807, 2.05) is 0 Å². The van der Waals surface area contributed by atoms with Crippen molar-refractivity contribution in [3.8, 4) is 40.1 Å². The van der Waals surface area contributed by atoms with E-state index in [4.69, 9.17) is 13.9 Å². The molecule has 1 aliphatic rings. The van der Waals surface area contributed by atoms with E-state index in [1.54, 1.807) is 0 Å². The predicted molar refractivity (Wildman–Crippen MR) is 148 cm³/mol. The fourth-order valence-electron chi connectivity index (χ4n) is 4.80. The predicted octanol–water partition coefficient (Wildman–Crippen LogP) is 1.77. The zero-order valence-electron chi connectivity index (χ0n) is 22.1. The fourth-order valence-corrected chi connectivity index (χ4v) is 4.80. The van der Waals surface area contributed by atoms with E-state index in [2.05, 4.69) is 0 Å². The van der Waals surface area contributed by atoms with Crippen molar-refractivity contribution in [3.63, 3.8) is 0 Å². The summed E-state index contributed by atoms with van der Waals surface area (Å²) in [5.41, 5.74) is -0.816. The number of fused-ring (bicyclic) bond motifs is 1. The first-order chi connectivity index (χ1) is 20.5. The van der Waals surface area contributed by atoms with E-state index in [9.17, 15) is 50.4 Å². The number of phenols is 5. The summed E-state index contributed by atoms with van der Waals surface area (Å²) in [7, 11) is 0. The molecular formula is C30H26O13. The largest absolute Gasteiger partial charge is 0.508 e. The Kier molecular flexibility index (Phi) is 7.98. The van der Waals surface area contributed by atoms with Crippen molar-refractivity contribution in [1.82, 2.24) is 0 Å². The van der Waals surface area contributed by atoms with Gasteiger partial charge in [0, 0.05) is 23.8 Å². The molecule has 2 heterocycles. The number of hydrogen-bond acceptors (Lipinski definition) is 13. The van der Waals surface area contributed by atoms with Gasteiger partial charge in [-0.2, -0.15) is 0 Å². The molecule has 13 nitrogen and oxygen atoms in total. The highest BCUT2D eigenvalue weighted by molar-refractivity contribution is 5.90. The lowest BCUT2D eigenvalue weighted by atomic mass is 9.89. The Bertz CT molecular complexity index is 1760. The molecule has 0 radical (unpaired) electrons. The Labute approximate surface area is 242 Å². The number of phenolic OH excluding ortho intramolecular Hbond substituents is 5. The van der Waals surface area contributed by atoms with Gasteiger partial charge in [0.2, 0.25) is 0 Å². The molecule has 8 N–H and O–H groups in total. The van der Waals surface area contributed by atoms with Crippen LogP contribution in [0.2, 0.25) is 0 Å². The monoisotopic (exact) mass is 594 g/mol. The first kappa shape index (κ1) is 29.4. The third-order valence-corrected chi connectivity index (χ3v) is 6.96. The standard InChI is InChI=1S/C30H26O13/c31-12-22-26(39)27(40)30(43-23(38)8-2-13-1-7-16(33)17(34)9-13)29(42-22)25-19(36)10-18(35)24-20(37)11-21(41-28(24)25)14-3-5-15(32)6-4-14/h1-11,22,26-27,29-36,39-40H,12H2/t22-,26-,27+,29+,30-/m1/s1. The molecule has 0 amide bonds. The van der Waals surface area contributed by atoms with E-state index < -0.39 is 71.4 Å². The minimum atomic E-state index is -1.87. The van der Waals surface area contributed by atoms with Crippen LogP contribution in [0, 0.1) is 0 Å². The lowest BCUT2D eigenvalue weighted by Gasteiger charge is -2.41. The van der Waals surface area contributed by atoms with Crippen molar-refractivity contribution in [2.75, 3.05) is 6.61 Å². The summed E-state index contributed by atoms with van der Waals surface area (Å²) in [6.07, 6.45) is -6.28. The summed E-state index contributed by atoms with van der Waals surface area (Å²) in [5, 5.41) is 81.2. The molecule has 4 aromatic rings. The minimum absolute atomic E-state index is 0.0347. The zero-order chi connectivity index (χ0) is 31.0. The van der Waals surface area contributed by atoms with E-state index in [0.29, 0.717) is 11.1 Å². The Morgan fingerprint density at radius 1 is 0.860 bits per heavy atom. The molecule has 0 unspecified atom stereocenters. The van der Waals surface area contributed by atoms with Crippen molar-refractivity contribution in [3.05, 3.63) is 82.0 Å². The van der Waals surface area contributed by atoms with Gasteiger partial charge in [-0.25, -0.2) is 4.79 Å². The summed E-state index contributed by atoms with van der Waals surface area (Å²) in [4.78, 5) is 25.9. The molecule has 0 saturated carbocycles. The Hall–Kier alpha value is -5.08. The highest BCUT2D eigenvalue weighted by Gasteiger charge is 2.49. The number of aliphatic hydroxyl groups excluding tert-OH is 3. The quantitative estimate of drug-likeness (QED) is 0.0905. The van der Waals surface area contributed by atoms with Crippen molar-refractivity contribution in [1.29, 1.82) is 0 Å². The number of hydrogen-bond donors (Lipinski definition) is 8. The molecule has 0 aliphatic carbocycles. The van der Waals surface area contributed by atoms with Gasteiger partial charge in [0.1, 0.15) is 52.8 Å². The molecule has 1 saturated heterocycles. The number of carbonyl (C=O) groups is 1. The van der Waals surface area contributed by atoms with Gasteiger partial charge in [0.05, 0.1) is 12.2 Å². The third kappa shape index (κ3) is 5.69. The highest BCUT2D eigenvalue weighted by Crippen LogP contribution is 2.44. The van der Waals surface area contributed by atoms with E-state index in [-0.39, 0.29) is 28.2 Å². The van der Waals surface area contributed by atoms with Gasteiger partial charge in [0.25, 0.3) is 0 Å². The third-order valence-electron chi connectivity index (χ3n) is 6.96. The van der Waals surface area contributed by atoms with Gasteiger partial charge in [-0.3, -0.25) is 4.79 Å². The maximum Gasteiger partial charge on any atom is 0.331 e. The van der Waals surface area contributed by atoms with Gasteiger partial charge in [-0.1, -0.05) is 6.07 Å². The van der Waals surface area contributed by atoms with Crippen molar-refractivity contribution in [2.24, 2.45) is 0 Å². The highest BCUT2D eigenvalue weighted by atomic mass is 16.6. The molecule has 224 valence electrons. The topological polar surface area (TPSA) is 228 Å². The van der Waals surface area contributed by atoms with Crippen molar-refractivity contribution < 1.29 is 59.5 Å². The summed E-state index contributed by atoms with van der Waals surface area (Å²) >= 11 is 0. The molecule has 0 spiro atoms. The van der Waals surface area contributed by atoms with E-state index in [0.717, 1.165) is 18.2 Å². The van der Waals surface area contributed by atoms with Crippen LogP contribution in [0.25, 0.3) is 28.4 Å². The van der Waals surface area contributed by atoms with E-state index >= 15 is 0 Å². The molecule has 0 bridgehead atoms. The summed E-state index contributed by atoms with van der Waals surface area (Å²) < 4.78 is 17.1. The molecule has 1 aromatic heterocycles. The number of esters is 1. The first-order valence-corrected chi connectivity index (χ1v) is 12.8. The number of aliphatic hydroxyl groups is 3. The fraction of sp³-hybridized carbons (Fsp3) is 0.200. The SMILES string of the molecule is O=C(C=Cc1ccc(O)c(O)c1)O[C@@H]1[C@@H](O)[C@H](O)[C@@H](CO)O[C@H]1c1c(O)cc(O)c2c(=O)cc(-c3ccc(O)cc3)oc12. The van der Waals surface area contributed by atoms with Crippen LogP contribution in [0.15, 0.2) is 69.9 Å². The molecule has 5 atom stereocenters. The lowest BCUT2D eigenvalue weighted by molar-refractivity contribution is -0.239. The molecule has 43 heavy (non-hydrogen) atoms. The summed E-state index contributed by atoms with van der Waals surface area (Å²) in [5.74, 6) is -3.29. The van der Waals surface area contributed by atoms with Crippen LogP contribution in [0.3, 0.4) is 0 Å². The number of rotatable bonds is 6. The summed E-state index contributed by atoms with van der Waals surface area (Å²) in [6, 6.07) is 11.3. The average molecular weight is 595 g/mol. The van der Waals surface area contributed by atoms with Gasteiger partial charge in [-0.05, 0) is 48.0 Å². The molecule has 1 aliphatic heterocycles. The van der Waals surface area contributed by atoms with E-state index in [1.165, 1.54) is 48.5 Å². The minimum Gasteiger partial charge on any atom is -0.508 e. The first-order valence-electron chi connectivity index (χ1n) is 12.8. The molecule has 1 fully saturated rings. The van der Waals surface area contributed by atoms with Crippen LogP contribution in [0.1, 0.15) is 17.2 Å². The molecule has 5 rings (SSSR count). The smallest absolute Gasteiger partial charge is 0.331 e. The molecule has 3 aromatic carbocycles. The second kappa shape index (κ2) is 11.7. The number of benzene rings is 3. The Morgan fingerprint density at radius 3 is 2.26 bits per heavy atom. The van der Waals surface area contributed by atoms with Crippen LogP contribution >= 0.6 is 0 Å². The average Bonchev–Trinajstić information content (AvgIpc) is 2.97. The van der Waals surface area contributed by atoms with Gasteiger partial charge in [-0.15, -0.1) is 0 Å². The van der Waals surface area contributed by atoms with Gasteiger partial charge >= 0.3 is 5.97 Å². The van der Waals surface area contributed by atoms with Crippen LogP contribution in [0.4, 0.5) is 0 Å². The van der Waals surface area contributed by atoms with Crippen molar-refractivity contribution >= 4 is 23.0 Å². The normalized spacial score (nSPS) is 22.2. The Morgan fingerprint density at radius 2 is 1.58 bits per heavy atom. The Balaban J connectivity index is 1.60. The maximum atomic E-state index is 13.1. The van der Waals surface area contributed by atoms with Crippen molar-refractivity contribution in [2.45, 2.75) is 30.5 Å². The van der Waals surface area contributed by atoms with Crippen LogP contribution in [-0.2, 0) is 14.3 Å². The lowest BCUT2D eigenvalue weighted by Crippen LogP contribution is -2.56. The number of ether oxygens (including phenoxy) is 2. The number of carbonyl (C=O) groups excluding carboxylic acids is 1. The second-order valence-corrected chi connectivity index (χ2v) is 9.80. The molecule has 13 heteroatoms. The zero-order valence-corrected chi connectivity index (χ0v) is 22.1. The number of aromatic hydroxyl groups is 5. The maximum absolute atomic E-state index is 13.1. The summed E-state index contributed by atoms with van der Waals surface area (Å²) in [6.45, 7) is -0.793. The van der Waals surface area contributed by atoms with Crippen LogP contribution in [0.5, 0.6) is 28.7 Å². The second-order valence-electron chi connectivity index (χ2n) is 9.80. The molecular weight excluding hydrogens is 568 g/mol. The van der Waals surface area contributed by atoms with Crippen LogP contribution in [-0.4, -0.2) is 77.8 Å². The van der Waals surface area contributed by atoms with Gasteiger partial charge < -0.3 is 54.7 Å².